The third-order valence-electron chi connectivity index (χ3n) is 2.77. The Hall–Kier alpha value is -1.89. The monoisotopic (exact) mass is 280 g/mol. The minimum Gasteiger partial charge on any atom is -0.269 e. The molecular weight excluding hydrogens is 264 g/mol. The number of nitrogens with zero attached hydrogens (tertiary/aromatic N) is 4. The number of hydrogen-bond acceptors (Lipinski definition) is 4. The fraction of sp³-hybridized carbons (Fsp3) is 0.333. The largest absolute Gasteiger partial charge is 0.269 e. The first-order valence-corrected chi connectivity index (χ1v) is 7.30. The molecule has 0 unspecified atom stereocenters. The summed E-state index contributed by atoms with van der Waals surface area (Å²) in [5.74, 6) is 0. The Bertz CT molecular complexity index is 649. The predicted octanol–water partition coefficient (Wildman–Crippen LogP) is 1.68. The number of rotatable bonds is 4. The standard InChI is InChI=1S/C12H16N4O2S/c1-10(2)16-9-12(8-14-16)19(17,18)15(3)11-5-4-6-13-7-11/h4-10H,1-3H3. The molecule has 102 valence electrons. The first-order valence-electron chi connectivity index (χ1n) is 5.86. The van der Waals surface area contributed by atoms with Crippen LogP contribution in [-0.4, -0.2) is 30.2 Å². The van der Waals surface area contributed by atoms with Crippen LogP contribution in [0.5, 0.6) is 0 Å². The molecule has 0 radical (unpaired) electrons. The van der Waals surface area contributed by atoms with E-state index >= 15 is 0 Å². The van der Waals surface area contributed by atoms with Crippen LogP contribution in [0.2, 0.25) is 0 Å². The fourth-order valence-corrected chi connectivity index (χ4v) is 2.70. The molecular formula is C12H16N4O2S. The zero-order chi connectivity index (χ0) is 14.0. The molecule has 0 aliphatic carbocycles. The highest BCUT2D eigenvalue weighted by atomic mass is 32.2. The van der Waals surface area contributed by atoms with Crippen molar-refractivity contribution < 1.29 is 8.42 Å². The van der Waals surface area contributed by atoms with Crippen molar-refractivity contribution in [1.29, 1.82) is 0 Å². The Morgan fingerprint density at radius 3 is 2.58 bits per heavy atom. The second kappa shape index (κ2) is 5.00. The van der Waals surface area contributed by atoms with Crippen LogP contribution in [0.4, 0.5) is 5.69 Å². The molecule has 0 aliphatic rings. The lowest BCUT2D eigenvalue weighted by Gasteiger charge is -2.17. The van der Waals surface area contributed by atoms with E-state index in [-0.39, 0.29) is 10.9 Å². The maximum absolute atomic E-state index is 12.4. The zero-order valence-electron chi connectivity index (χ0n) is 11.1. The third kappa shape index (κ3) is 2.60. The normalized spacial score (nSPS) is 11.8. The van der Waals surface area contributed by atoms with Crippen molar-refractivity contribution in [3.8, 4) is 0 Å². The molecule has 19 heavy (non-hydrogen) atoms. The van der Waals surface area contributed by atoms with Crippen LogP contribution in [0.25, 0.3) is 0 Å². The van der Waals surface area contributed by atoms with E-state index in [9.17, 15) is 8.42 Å². The van der Waals surface area contributed by atoms with E-state index in [1.807, 2.05) is 13.8 Å². The number of pyridine rings is 1. The maximum atomic E-state index is 12.4. The van der Waals surface area contributed by atoms with Gasteiger partial charge in [-0.05, 0) is 26.0 Å². The van der Waals surface area contributed by atoms with Crippen molar-refractivity contribution in [1.82, 2.24) is 14.8 Å². The number of hydrogen-bond donors (Lipinski definition) is 0. The summed E-state index contributed by atoms with van der Waals surface area (Å²) < 4.78 is 27.6. The summed E-state index contributed by atoms with van der Waals surface area (Å²) in [5.41, 5.74) is 0.514. The Kier molecular flexibility index (Phi) is 3.57. The van der Waals surface area contributed by atoms with E-state index in [1.165, 1.54) is 29.9 Å². The van der Waals surface area contributed by atoms with Gasteiger partial charge >= 0.3 is 0 Å². The molecule has 2 heterocycles. The average Bonchev–Trinajstić information content (AvgIpc) is 2.89. The van der Waals surface area contributed by atoms with E-state index < -0.39 is 10.0 Å². The van der Waals surface area contributed by atoms with Gasteiger partial charge in [0.05, 0.1) is 18.1 Å². The van der Waals surface area contributed by atoms with E-state index in [0.717, 1.165) is 0 Å². The van der Waals surface area contributed by atoms with Gasteiger partial charge in [0.1, 0.15) is 4.90 Å². The minimum atomic E-state index is -3.59. The van der Waals surface area contributed by atoms with Crippen LogP contribution in [0.1, 0.15) is 19.9 Å². The second-order valence-corrected chi connectivity index (χ2v) is 6.40. The van der Waals surface area contributed by atoms with Gasteiger partial charge in [-0.3, -0.25) is 14.0 Å². The molecule has 0 amide bonds. The maximum Gasteiger partial charge on any atom is 0.267 e. The van der Waals surface area contributed by atoms with E-state index in [1.54, 1.807) is 23.0 Å². The summed E-state index contributed by atoms with van der Waals surface area (Å²) in [6.45, 7) is 3.88. The highest BCUT2D eigenvalue weighted by Crippen LogP contribution is 2.21. The van der Waals surface area contributed by atoms with Crippen molar-refractivity contribution in [3.63, 3.8) is 0 Å². The van der Waals surface area contributed by atoms with Crippen molar-refractivity contribution >= 4 is 15.7 Å². The highest BCUT2D eigenvalue weighted by molar-refractivity contribution is 7.92. The Balaban J connectivity index is 2.36. The van der Waals surface area contributed by atoms with Gasteiger partial charge in [0.2, 0.25) is 0 Å². The van der Waals surface area contributed by atoms with Crippen LogP contribution >= 0.6 is 0 Å². The predicted molar refractivity (Wildman–Crippen MR) is 72.4 cm³/mol. The van der Waals surface area contributed by atoms with Crippen LogP contribution in [-0.2, 0) is 10.0 Å². The highest BCUT2D eigenvalue weighted by Gasteiger charge is 2.23. The van der Waals surface area contributed by atoms with Crippen LogP contribution < -0.4 is 4.31 Å². The molecule has 0 atom stereocenters. The molecule has 0 fully saturated rings. The quantitative estimate of drug-likeness (QED) is 0.854. The second-order valence-electron chi connectivity index (χ2n) is 4.43. The first-order chi connectivity index (χ1) is 8.93. The van der Waals surface area contributed by atoms with Gasteiger partial charge in [-0.25, -0.2) is 8.42 Å². The number of sulfonamides is 1. The van der Waals surface area contributed by atoms with Gasteiger partial charge in [-0.2, -0.15) is 5.10 Å². The lowest BCUT2D eigenvalue weighted by atomic mass is 10.4. The van der Waals surface area contributed by atoms with E-state index in [2.05, 4.69) is 10.1 Å². The summed E-state index contributed by atoms with van der Waals surface area (Å²) in [5, 5.41) is 4.05. The molecule has 6 nitrogen and oxygen atoms in total. The molecule has 2 aromatic rings. The molecule has 0 spiro atoms. The van der Waals surface area contributed by atoms with Gasteiger partial charge in [0.25, 0.3) is 10.0 Å². The smallest absolute Gasteiger partial charge is 0.267 e. The lowest BCUT2D eigenvalue weighted by Crippen LogP contribution is -2.26. The Morgan fingerprint density at radius 1 is 1.32 bits per heavy atom. The number of aromatic nitrogens is 3. The molecule has 0 aliphatic heterocycles. The van der Waals surface area contributed by atoms with Crippen molar-refractivity contribution in [2.75, 3.05) is 11.4 Å². The third-order valence-corrected chi connectivity index (χ3v) is 4.51. The van der Waals surface area contributed by atoms with E-state index in [4.69, 9.17) is 0 Å². The minimum absolute atomic E-state index is 0.118. The van der Waals surface area contributed by atoms with Crippen molar-refractivity contribution in [2.24, 2.45) is 0 Å². The van der Waals surface area contributed by atoms with Crippen molar-refractivity contribution in [2.45, 2.75) is 24.8 Å². The Morgan fingerprint density at radius 2 is 2.05 bits per heavy atom. The fourth-order valence-electron chi connectivity index (χ4n) is 1.57. The molecule has 0 N–H and O–H groups in total. The Labute approximate surface area is 112 Å². The van der Waals surface area contributed by atoms with Gasteiger partial charge in [-0.1, -0.05) is 0 Å². The number of anilines is 1. The van der Waals surface area contributed by atoms with Crippen molar-refractivity contribution in [3.05, 3.63) is 36.9 Å². The molecule has 0 bridgehead atoms. The lowest BCUT2D eigenvalue weighted by molar-refractivity contribution is 0.531. The molecule has 2 rings (SSSR count). The summed E-state index contributed by atoms with van der Waals surface area (Å²) in [6.07, 6.45) is 6.00. The van der Waals surface area contributed by atoms with Gasteiger partial charge < -0.3 is 0 Å². The van der Waals surface area contributed by atoms with Gasteiger partial charge in [0, 0.05) is 25.5 Å². The average molecular weight is 280 g/mol. The van der Waals surface area contributed by atoms with Crippen LogP contribution in [0.15, 0.2) is 41.8 Å². The molecule has 2 aromatic heterocycles. The summed E-state index contributed by atoms with van der Waals surface area (Å²) in [4.78, 5) is 4.09. The topological polar surface area (TPSA) is 68.1 Å². The van der Waals surface area contributed by atoms with Gasteiger partial charge in [0.15, 0.2) is 0 Å². The van der Waals surface area contributed by atoms with E-state index in [0.29, 0.717) is 5.69 Å². The molecule has 0 saturated heterocycles. The molecule has 0 aromatic carbocycles. The SMILES string of the molecule is CC(C)n1cc(S(=O)(=O)N(C)c2cccnc2)cn1. The van der Waals surface area contributed by atoms with Gasteiger partial charge in [-0.15, -0.1) is 0 Å². The summed E-state index contributed by atoms with van der Waals surface area (Å²) in [6, 6.07) is 3.50. The summed E-state index contributed by atoms with van der Waals surface area (Å²) >= 11 is 0. The molecule has 7 heteroatoms. The van der Waals surface area contributed by atoms with Crippen LogP contribution in [0, 0.1) is 0 Å². The molecule has 0 saturated carbocycles. The summed E-state index contributed by atoms with van der Waals surface area (Å²) in [7, 11) is -2.10. The zero-order valence-corrected chi connectivity index (χ0v) is 11.9. The first kappa shape index (κ1) is 13.5. The van der Waals surface area contributed by atoms with Crippen LogP contribution in [0.3, 0.4) is 0 Å².